The number of ether oxygens (including phenoxy) is 1. The molecule has 0 aromatic carbocycles. The van der Waals surface area contributed by atoms with Crippen LogP contribution in [0.1, 0.15) is 36.2 Å². The first-order valence-electron chi connectivity index (χ1n) is 5.75. The minimum atomic E-state index is -0.00912. The van der Waals surface area contributed by atoms with E-state index in [1.807, 2.05) is 18.3 Å². The predicted octanol–water partition coefficient (Wildman–Crippen LogP) is 1.91. The number of nitrogens with zero attached hydrogens (tertiary/aromatic N) is 3. The van der Waals surface area contributed by atoms with Gasteiger partial charge in [0.05, 0.1) is 0 Å². The highest BCUT2D eigenvalue weighted by Crippen LogP contribution is 2.27. The van der Waals surface area contributed by atoms with Gasteiger partial charge in [-0.2, -0.15) is 4.98 Å². The van der Waals surface area contributed by atoms with Gasteiger partial charge in [0.25, 0.3) is 5.89 Å². The second-order valence-electron chi connectivity index (χ2n) is 4.09. The molecular formula is C12H13N3O2. The molecule has 0 aliphatic carbocycles. The van der Waals surface area contributed by atoms with Crippen molar-refractivity contribution in [3.05, 3.63) is 41.8 Å². The third-order valence-electron chi connectivity index (χ3n) is 2.77. The van der Waals surface area contributed by atoms with Gasteiger partial charge in [-0.25, -0.2) is 0 Å². The highest BCUT2D eigenvalue weighted by Gasteiger charge is 2.23. The summed E-state index contributed by atoms with van der Waals surface area (Å²) in [5.41, 5.74) is 1.08. The molecule has 3 heterocycles. The van der Waals surface area contributed by atoms with Gasteiger partial charge in [0.2, 0.25) is 0 Å². The predicted molar refractivity (Wildman–Crippen MR) is 59.3 cm³/mol. The molecule has 0 spiro atoms. The molecule has 2 aromatic heterocycles. The number of rotatable bonds is 3. The van der Waals surface area contributed by atoms with Gasteiger partial charge in [-0.15, -0.1) is 0 Å². The summed E-state index contributed by atoms with van der Waals surface area (Å²) in [5, 5.41) is 3.96. The average molecular weight is 231 g/mol. The molecule has 1 aliphatic heterocycles. The van der Waals surface area contributed by atoms with Gasteiger partial charge in [0.15, 0.2) is 5.82 Å². The summed E-state index contributed by atoms with van der Waals surface area (Å²) in [6.45, 7) is 0.783. The van der Waals surface area contributed by atoms with E-state index in [4.69, 9.17) is 9.26 Å². The maximum Gasteiger partial charge on any atom is 0.255 e. The number of pyridine rings is 1. The molecule has 0 unspecified atom stereocenters. The van der Waals surface area contributed by atoms with Crippen molar-refractivity contribution >= 4 is 0 Å². The van der Waals surface area contributed by atoms with Crippen molar-refractivity contribution in [2.45, 2.75) is 25.4 Å². The van der Waals surface area contributed by atoms with Gasteiger partial charge in [-0.05, 0) is 24.5 Å². The Morgan fingerprint density at radius 2 is 2.41 bits per heavy atom. The molecule has 5 heteroatoms. The molecule has 5 nitrogen and oxygen atoms in total. The van der Waals surface area contributed by atoms with Crippen LogP contribution in [0.3, 0.4) is 0 Å². The molecule has 0 amide bonds. The van der Waals surface area contributed by atoms with E-state index in [0.29, 0.717) is 18.1 Å². The van der Waals surface area contributed by atoms with Crippen molar-refractivity contribution in [1.82, 2.24) is 15.1 Å². The molecule has 0 bridgehead atoms. The molecule has 88 valence electrons. The van der Waals surface area contributed by atoms with Crippen LogP contribution in [0.2, 0.25) is 0 Å². The Balaban J connectivity index is 1.72. The van der Waals surface area contributed by atoms with Crippen molar-refractivity contribution in [3.8, 4) is 0 Å². The minimum absolute atomic E-state index is 0.00912. The van der Waals surface area contributed by atoms with Crippen molar-refractivity contribution in [2.75, 3.05) is 6.61 Å². The first kappa shape index (κ1) is 10.4. The molecule has 1 atom stereocenters. The molecule has 1 fully saturated rings. The van der Waals surface area contributed by atoms with Crippen LogP contribution in [-0.4, -0.2) is 21.7 Å². The van der Waals surface area contributed by atoms with E-state index < -0.39 is 0 Å². The quantitative estimate of drug-likeness (QED) is 0.807. The summed E-state index contributed by atoms with van der Waals surface area (Å²) >= 11 is 0. The molecule has 1 aliphatic rings. The van der Waals surface area contributed by atoms with Gasteiger partial charge >= 0.3 is 0 Å². The summed E-state index contributed by atoms with van der Waals surface area (Å²) < 4.78 is 10.7. The third kappa shape index (κ3) is 2.34. The SMILES string of the molecule is c1cncc(Cc2noc([C@H]3CCCO3)n2)c1. The van der Waals surface area contributed by atoms with Crippen LogP contribution in [0.25, 0.3) is 0 Å². The normalized spacial score (nSPS) is 19.6. The Kier molecular flexibility index (Phi) is 2.83. The van der Waals surface area contributed by atoms with Crippen LogP contribution < -0.4 is 0 Å². The Hall–Kier alpha value is -1.75. The monoisotopic (exact) mass is 231 g/mol. The zero-order valence-electron chi connectivity index (χ0n) is 9.37. The van der Waals surface area contributed by atoms with Gasteiger partial charge in [0.1, 0.15) is 6.10 Å². The smallest absolute Gasteiger partial charge is 0.255 e. The van der Waals surface area contributed by atoms with Crippen LogP contribution in [0, 0.1) is 0 Å². The van der Waals surface area contributed by atoms with E-state index in [0.717, 1.165) is 25.0 Å². The molecule has 3 rings (SSSR count). The first-order valence-corrected chi connectivity index (χ1v) is 5.75. The molecule has 2 aromatic rings. The zero-order valence-corrected chi connectivity index (χ0v) is 9.37. The fraction of sp³-hybridized carbons (Fsp3) is 0.417. The van der Waals surface area contributed by atoms with Crippen LogP contribution in [-0.2, 0) is 11.2 Å². The fourth-order valence-electron chi connectivity index (χ4n) is 1.93. The van der Waals surface area contributed by atoms with Crippen molar-refractivity contribution in [2.24, 2.45) is 0 Å². The molecule has 1 saturated heterocycles. The maximum atomic E-state index is 5.49. The summed E-state index contributed by atoms with van der Waals surface area (Å²) in [4.78, 5) is 8.41. The lowest BCUT2D eigenvalue weighted by molar-refractivity contribution is 0.0835. The number of hydrogen-bond acceptors (Lipinski definition) is 5. The van der Waals surface area contributed by atoms with Crippen LogP contribution in [0.5, 0.6) is 0 Å². The van der Waals surface area contributed by atoms with Crippen molar-refractivity contribution < 1.29 is 9.26 Å². The Bertz CT molecular complexity index is 478. The van der Waals surface area contributed by atoms with Gasteiger partial charge in [-0.1, -0.05) is 11.2 Å². The highest BCUT2D eigenvalue weighted by molar-refractivity contribution is 5.13. The van der Waals surface area contributed by atoms with E-state index >= 15 is 0 Å². The van der Waals surface area contributed by atoms with Gasteiger partial charge < -0.3 is 9.26 Å². The zero-order chi connectivity index (χ0) is 11.5. The lowest BCUT2D eigenvalue weighted by Gasteiger charge is -2.00. The minimum Gasteiger partial charge on any atom is -0.368 e. The van der Waals surface area contributed by atoms with E-state index in [1.165, 1.54) is 0 Å². The Morgan fingerprint density at radius 1 is 1.41 bits per heavy atom. The van der Waals surface area contributed by atoms with E-state index in [2.05, 4.69) is 15.1 Å². The molecule has 0 N–H and O–H groups in total. The fourth-order valence-corrected chi connectivity index (χ4v) is 1.93. The Morgan fingerprint density at radius 3 is 3.18 bits per heavy atom. The van der Waals surface area contributed by atoms with Crippen molar-refractivity contribution in [3.63, 3.8) is 0 Å². The lowest BCUT2D eigenvalue weighted by atomic mass is 10.2. The van der Waals surface area contributed by atoms with Gasteiger partial charge in [-0.3, -0.25) is 4.98 Å². The molecule has 17 heavy (non-hydrogen) atoms. The summed E-state index contributed by atoms with van der Waals surface area (Å²) in [6.07, 6.45) is 6.22. The van der Waals surface area contributed by atoms with Gasteiger partial charge in [0, 0.05) is 25.4 Å². The first-order chi connectivity index (χ1) is 8.42. The number of aromatic nitrogens is 3. The second-order valence-corrected chi connectivity index (χ2v) is 4.09. The van der Waals surface area contributed by atoms with E-state index in [1.54, 1.807) is 6.20 Å². The van der Waals surface area contributed by atoms with E-state index in [9.17, 15) is 0 Å². The average Bonchev–Trinajstić information content (AvgIpc) is 3.00. The van der Waals surface area contributed by atoms with Crippen molar-refractivity contribution in [1.29, 1.82) is 0 Å². The summed E-state index contributed by atoms with van der Waals surface area (Å²) in [7, 11) is 0. The standard InChI is InChI=1S/C12H13N3O2/c1-3-9(8-13-5-1)7-11-14-12(17-15-11)10-4-2-6-16-10/h1,3,5,8,10H,2,4,6-7H2/t10-/m1/s1. The van der Waals surface area contributed by atoms with Crippen LogP contribution >= 0.6 is 0 Å². The third-order valence-corrected chi connectivity index (χ3v) is 2.77. The van der Waals surface area contributed by atoms with E-state index in [-0.39, 0.29) is 6.10 Å². The highest BCUT2D eigenvalue weighted by atomic mass is 16.5. The summed E-state index contributed by atoms with van der Waals surface area (Å²) in [5.74, 6) is 1.28. The maximum absolute atomic E-state index is 5.49. The number of hydrogen-bond donors (Lipinski definition) is 0. The van der Waals surface area contributed by atoms with Crippen LogP contribution in [0.4, 0.5) is 0 Å². The molecule has 0 radical (unpaired) electrons. The summed E-state index contributed by atoms with van der Waals surface area (Å²) in [6, 6.07) is 3.89. The van der Waals surface area contributed by atoms with Crippen LogP contribution in [0.15, 0.2) is 29.0 Å². The molecule has 0 saturated carbocycles. The second kappa shape index (κ2) is 4.63. The lowest BCUT2D eigenvalue weighted by Crippen LogP contribution is -1.97. The molecular weight excluding hydrogens is 218 g/mol. The largest absolute Gasteiger partial charge is 0.368 e. The topological polar surface area (TPSA) is 61.0 Å². The Labute approximate surface area is 98.8 Å².